The fraction of sp³-hybridized carbons (Fsp3) is 0.979. The van der Waals surface area contributed by atoms with Crippen LogP contribution in [-0.4, -0.2) is 116 Å². The summed E-state index contributed by atoms with van der Waals surface area (Å²) in [7, 11) is 0. The molecule has 0 bridgehead atoms. The number of nitrogens with one attached hydrogen (secondary N) is 1. The molecule has 5 N–H and O–H groups in total. The van der Waals surface area contributed by atoms with Crippen LogP contribution in [0.3, 0.4) is 0 Å². The average Bonchev–Trinajstić information content (AvgIpc) is 3.24. The van der Waals surface area contributed by atoms with Crippen molar-refractivity contribution >= 4 is 5.91 Å². The van der Waals surface area contributed by atoms with Crippen LogP contribution in [0.15, 0.2) is 0 Å². The van der Waals surface area contributed by atoms with E-state index in [9.17, 15) is 25.2 Å². The minimum atomic E-state index is -1.47. The minimum absolute atomic E-state index is 0.0931. The van der Waals surface area contributed by atoms with E-state index in [1.807, 2.05) is 0 Å². The van der Waals surface area contributed by atoms with Crippen molar-refractivity contribution in [3.8, 4) is 0 Å². The maximum absolute atomic E-state index is 13.3. The molecule has 11 heteroatoms. The van der Waals surface area contributed by atoms with E-state index in [-0.39, 0.29) is 25.0 Å². The van der Waals surface area contributed by atoms with E-state index in [1.54, 1.807) is 0 Å². The lowest BCUT2D eigenvalue weighted by Crippen LogP contribution is -2.59. The number of amides is 1. The second-order valence-corrected chi connectivity index (χ2v) is 17.2. The van der Waals surface area contributed by atoms with Crippen molar-refractivity contribution in [3.63, 3.8) is 0 Å². The Balaban J connectivity index is 2.17. The zero-order chi connectivity index (χ0) is 42.9. The summed E-state index contributed by atoms with van der Waals surface area (Å²) in [6.45, 7) is 6.88. The van der Waals surface area contributed by atoms with Crippen LogP contribution in [0, 0.1) is 5.92 Å². The van der Waals surface area contributed by atoms with Gasteiger partial charge in [-0.2, -0.15) is 0 Å². The van der Waals surface area contributed by atoms with Gasteiger partial charge in [0, 0.05) is 12.5 Å². The van der Waals surface area contributed by atoms with Gasteiger partial charge in [0.1, 0.15) is 24.4 Å². The number of hydrogen-bond donors (Lipinski definition) is 5. The topological polar surface area (TPSA) is 156 Å². The molecule has 0 aromatic rings. The minimum Gasteiger partial charge on any atom is -0.394 e. The molecular weight excluding hydrogens is 751 g/mol. The van der Waals surface area contributed by atoms with Gasteiger partial charge in [-0.3, -0.25) is 4.79 Å². The van der Waals surface area contributed by atoms with Crippen LogP contribution in [0.4, 0.5) is 0 Å². The number of rotatable bonds is 45. The monoisotopic (exact) mass is 846 g/mol. The predicted octanol–water partition coefficient (Wildman–Crippen LogP) is 9.33. The van der Waals surface area contributed by atoms with Gasteiger partial charge in [0.25, 0.3) is 0 Å². The first kappa shape index (κ1) is 56.1. The maximum atomic E-state index is 13.3. The summed E-state index contributed by atoms with van der Waals surface area (Å²) >= 11 is 0. The molecule has 0 aromatic heterocycles. The van der Waals surface area contributed by atoms with Crippen molar-refractivity contribution in [2.24, 2.45) is 5.92 Å². The van der Waals surface area contributed by atoms with E-state index in [0.29, 0.717) is 39.6 Å². The van der Waals surface area contributed by atoms with E-state index in [2.05, 4.69) is 19.2 Å². The van der Waals surface area contributed by atoms with Crippen LogP contribution >= 0.6 is 0 Å². The molecule has 1 aliphatic rings. The molecule has 1 aliphatic heterocycles. The lowest BCUT2D eigenvalue weighted by atomic mass is 9.93. The number of aliphatic hydroxyl groups is 4. The third-order valence-electron chi connectivity index (χ3n) is 11.8. The molecule has 1 fully saturated rings. The smallest absolute Gasteiger partial charge is 0.223 e. The normalized spacial score (nSPS) is 19.5. The number of hydrogen-bond acceptors (Lipinski definition) is 10. The molecule has 0 aromatic carbocycles. The highest BCUT2D eigenvalue weighted by Crippen LogP contribution is 2.23. The summed E-state index contributed by atoms with van der Waals surface area (Å²) in [6, 6.07) is 0. The summed E-state index contributed by atoms with van der Waals surface area (Å²) in [5.74, 6) is 0.275. The molecule has 0 unspecified atom stereocenters. The predicted molar refractivity (Wildman–Crippen MR) is 239 cm³/mol. The molecule has 5 atom stereocenters. The molecule has 0 radical (unpaired) electrons. The number of carbonyl (C=O) groups is 1. The number of ether oxygens (including phenoxy) is 5. The van der Waals surface area contributed by atoms with Gasteiger partial charge < -0.3 is 49.4 Å². The number of unbranched alkanes of at least 4 members (excludes halogenated alkanes) is 26. The largest absolute Gasteiger partial charge is 0.394 e. The van der Waals surface area contributed by atoms with Crippen molar-refractivity contribution in [3.05, 3.63) is 0 Å². The van der Waals surface area contributed by atoms with Gasteiger partial charge in [-0.15, -0.1) is 0 Å². The third-order valence-corrected chi connectivity index (χ3v) is 11.8. The van der Waals surface area contributed by atoms with Crippen molar-refractivity contribution < 1.29 is 48.9 Å². The Bertz CT molecular complexity index is 851. The van der Waals surface area contributed by atoms with Crippen LogP contribution in [0.1, 0.15) is 206 Å². The van der Waals surface area contributed by atoms with Crippen molar-refractivity contribution in [1.82, 2.24) is 5.32 Å². The zero-order valence-corrected chi connectivity index (χ0v) is 38.3. The first-order valence-corrected chi connectivity index (χ1v) is 24.9. The second kappa shape index (κ2) is 42.4. The van der Waals surface area contributed by atoms with E-state index in [0.717, 1.165) is 25.7 Å². The van der Waals surface area contributed by atoms with Gasteiger partial charge >= 0.3 is 0 Å². The van der Waals surface area contributed by atoms with Crippen molar-refractivity contribution in [1.29, 1.82) is 0 Å². The van der Waals surface area contributed by atoms with Crippen LogP contribution in [0.2, 0.25) is 0 Å². The molecule has 0 aliphatic carbocycles. The molecule has 1 amide bonds. The first-order valence-electron chi connectivity index (χ1n) is 24.9. The Morgan fingerprint density at radius 3 is 1.24 bits per heavy atom. The quantitative estimate of drug-likeness (QED) is 0.0375. The molecule has 1 rings (SSSR count). The number of carbonyl (C=O) groups excluding carboxylic acids is 1. The molecule has 11 nitrogen and oxygen atoms in total. The van der Waals surface area contributed by atoms with E-state index in [1.165, 1.54) is 167 Å². The Morgan fingerprint density at radius 2 is 0.847 bits per heavy atom. The SMILES string of the molecule is CCCCCCCCCCCCCCCCC(CCCCCCCCCCCCCCCC)C(=O)NCCOCCOCCOCCO[C@@H]1O[C@H](CO)[C@H](O)[C@H](O)[C@H]1O. The summed E-state index contributed by atoms with van der Waals surface area (Å²) in [5.41, 5.74) is 0. The van der Waals surface area contributed by atoms with Crippen molar-refractivity contribution in [2.75, 3.05) is 59.4 Å². The molecule has 1 saturated heterocycles. The fourth-order valence-electron chi connectivity index (χ4n) is 7.94. The molecule has 59 heavy (non-hydrogen) atoms. The number of aliphatic hydroxyl groups excluding tert-OH is 4. The van der Waals surface area contributed by atoms with Gasteiger partial charge in [-0.25, -0.2) is 0 Å². The fourth-order valence-corrected chi connectivity index (χ4v) is 7.94. The van der Waals surface area contributed by atoms with E-state index < -0.39 is 37.3 Å². The Kier molecular flexibility index (Phi) is 40.3. The highest BCUT2D eigenvalue weighted by Gasteiger charge is 2.43. The molecule has 0 saturated carbocycles. The van der Waals surface area contributed by atoms with E-state index >= 15 is 0 Å². The van der Waals surface area contributed by atoms with Crippen LogP contribution in [0.5, 0.6) is 0 Å². The summed E-state index contributed by atoms with van der Waals surface area (Å²) in [5, 5.41) is 42.1. The van der Waals surface area contributed by atoms with Crippen molar-refractivity contribution in [2.45, 2.75) is 237 Å². The van der Waals surface area contributed by atoms with Crippen LogP contribution < -0.4 is 5.32 Å². The third kappa shape index (κ3) is 32.5. The lowest BCUT2D eigenvalue weighted by molar-refractivity contribution is -0.302. The molecule has 1 heterocycles. The Hall–Kier alpha value is -0.890. The van der Waals surface area contributed by atoms with Crippen LogP contribution in [0.25, 0.3) is 0 Å². The highest BCUT2D eigenvalue weighted by atomic mass is 16.7. The molecule has 0 spiro atoms. The van der Waals surface area contributed by atoms with E-state index in [4.69, 9.17) is 23.7 Å². The van der Waals surface area contributed by atoms with Gasteiger partial charge in [0.15, 0.2) is 6.29 Å². The highest BCUT2D eigenvalue weighted by molar-refractivity contribution is 5.78. The van der Waals surface area contributed by atoms with Gasteiger partial charge in [0.2, 0.25) is 5.91 Å². The average molecular weight is 846 g/mol. The van der Waals surface area contributed by atoms with Gasteiger partial charge in [0.05, 0.1) is 52.9 Å². The summed E-state index contributed by atoms with van der Waals surface area (Å²) in [4.78, 5) is 13.3. The van der Waals surface area contributed by atoms with Gasteiger partial charge in [-0.05, 0) is 12.8 Å². The first-order chi connectivity index (χ1) is 29.0. The Labute approximate surface area is 361 Å². The molecular formula is C48H95NO10. The Morgan fingerprint density at radius 1 is 0.492 bits per heavy atom. The second-order valence-electron chi connectivity index (χ2n) is 17.2. The molecule has 352 valence electrons. The maximum Gasteiger partial charge on any atom is 0.223 e. The summed E-state index contributed by atoms with van der Waals surface area (Å²) in [6.07, 6.45) is 33.2. The van der Waals surface area contributed by atoms with Crippen LogP contribution in [-0.2, 0) is 28.5 Å². The van der Waals surface area contributed by atoms with Gasteiger partial charge in [-0.1, -0.05) is 194 Å². The lowest BCUT2D eigenvalue weighted by Gasteiger charge is -2.39. The summed E-state index contributed by atoms with van der Waals surface area (Å²) < 4.78 is 27.5. The zero-order valence-electron chi connectivity index (χ0n) is 38.3. The standard InChI is InChI=1S/C48H95NO10/c1-3-5-7-9-11-13-15-17-19-21-23-25-27-29-31-42(32-30-28-26-24-22-20-18-16-14-12-10-8-6-4-2)47(54)49-33-34-55-35-36-56-37-38-57-39-40-58-48-46(53)45(52)44(51)43(41-50)59-48/h42-46,48,50-53H,3-41H2,1-2H3,(H,49,54)/t43-,44+,45+,46-,48-/m1/s1.